The zero-order chi connectivity index (χ0) is 15.2. The van der Waals surface area contributed by atoms with E-state index in [2.05, 4.69) is 21.2 Å². The number of hydrogen-bond acceptors (Lipinski definition) is 2. The average Bonchev–Trinajstić information content (AvgIpc) is 2.50. The Balaban J connectivity index is 2.04. The van der Waals surface area contributed by atoms with E-state index < -0.39 is 0 Å². The van der Waals surface area contributed by atoms with Crippen molar-refractivity contribution in [3.63, 3.8) is 0 Å². The summed E-state index contributed by atoms with van der Waals surface area (Å²) in [7, 11) is 0. The molecule has 0 aliphatic rings. The van der Waals surface area contributed by atoms with Crippen LogP contribution in [0.4, 0.5) is 0 Å². The second kappa shape index (κ2) is 7.48. The summed E-state index contributed by atoms with van der Waals surface area (Å²) in [6, 6.07) is 14.4. The van der Waals surface area contributed by atoms with Crippen LogP contribution in [0.25, 0.3) is 0 Å². The largest absolute Gasteiger partial charge is 0.507 e. The summed E-state index contributed by atoms with van der Waals surface area (Å²) >= 11 is 9.12. The minimum atomic E-state index is -0.251. The number of alkyl halides is 1. The highest BCUT2D eigenvalue weighted by atomic mass is 79.9. The number of benzene rings is 2. The second-order valence-corrected chi connectivity index (χ2v) is 5.84. The van der Waals surface area contributed by atoms with Gasteiger partial charge in [0.1, 0.15) is 5.75 Å². The molecule has 1 unspecified atom stereocenters. The first-order chi connectivity index (χ1) is 10.1. The highest BCUT2D eigenvalue weighted by Crippen LogP contribution is 2.24. The van der Waals surface area contributed by atoms with Crippen molar-refractivity contribution >= 4 is 33.4 Å². The van der Waals surface area contributed by atoms with Crippen LogP contribution in [0.1, 0.15) is 15.9 Å². The highest BCUT2D eigenvalue weighted by Gasteiger charge is 2.14. The standard InChI is InChI=1S/C16H15BrClNO2/c17-14-7-6-12(9-15(14)20)16(21)19-13(10-18)8-11-4-2-1-3-5-11/h1-7,9,13,20H,8,10H2,(H,19,21). The molecule has 3 nitrogen and oxygen atoms in total. The molecule has 0 aromatic heterocycles. The van der Waals surface area contributed by atoms with Crippen molar-refractivity contribution in [2.24, 2.45) is 0 Å². The van der Waals surface area contributed by atoms with Crippen molar-refractivity contribution in [3.8, 4) is 5.75 Å². The lowest BCUT2D eigenvalue weighted by Crippen LogP contribution is -2.37. The van der Waals surface area contributed by atoms with Gasteiger partial charge in [-0.25, -0.2) is 0 Å². The van der Waals surface area contributed by atoms with Crippen molar-refractivity contribution in [2.45, 2.75) is 12.5 Å². The molecule has 0 saturated heterocycles. The van der Waals surface area contributed by atoms with Gasteiger partial charge in [-0.1, -0.05) is 30.3 Å². The number of phenolic OH excluding ortho intramolecular Hbond substituents is 1. The van der Waals surface area contributed by atoms with Crippen molar-refractivity contribution in [3.05, 3.63) is 64.1 Å². The van der Waals surface area contributed by atoms with Crippen LogP contribution >= 0.6 is 27.5 Å². The summed E-state index contributed by atoms with van der Waals surface area (Å²) in [5.74, 6) is 0.107. The zero-order valence-corrected chi connectivity index (χ0v) is 13.6. The molecule has 0 aliphatic heterocycles. The van der Waals surface area contributed by atoms with E-state index in [1.54, 1.807) is 12.1 Å². The first-order valence-corrected chi connectivity index (χ1v) is 7.82. The number of amides is 1. The van der Waals surface area contributed by atoms with Crippen LogP contribution in [0.2, 0.25) is 0 Å². The molecule has 0 bridgehead atoms. The Morgan fingerprint density at radius 1 is 1.24 bits per heavy atom. The summed E-state index contributed by atoms with van der Waals surface area (Å²) in [5.41, 5.74) is 1.51. The Morgan fingerprint density at radius 3 is 2.57 bits per heavy atom. The highest BCUT2D eigenvalue weighted by molar-refractivity contribution is 9.10. The summed E-state index contributed by atoms with van der Waals surface area (Å²) in [6.45, 7) is 0. The van der Waals surface area contributed by atoms with Gasteiger partial charge in [-0.05, 0) is 46.1 Å². The number of rotatable bonds is 5. The van der Waals surface area contributed by atoms with E-state index in [4.69, 9.17) is 11.6 Å². The van der Waals surface area contributed by atoms with Gasteiger partial charge in [0.05, 0.1) is 4.47 Å². The van der Waals surface area contributed by atoms with E-state index in [0.29, 0.717) is 22.3 Å². The fraction of sp³-hybridized carbons (Fsp3) is 0.188. The lowest BCUT2D eigenvalue weighted by atomic mass is 10.1. The third kappa shape index (κ3) is 4.48. The summed E-state index contributed by atoms with van der Waals surface area (Å²) in [6.07, 6.45) is 0.665. The van der Waals surface area contributed by atoms with Crippen molar-refractivity contribution in [1.82, 2.24) is 5.32 Å². The third-order valence-corrected chi connectivity index (χ3v) is 4.10. The first-order valence-electron chi connectivity index (χ1n) is 6.49. The molecule has 2 aromatic rings. The van der Waals surface area contributed by atoms with Gasteiger partial charge >= 0.3 is 0 Å². The van der Waals surface area contributed by atoms with Crippen LogP contribution in [0.15, 0.2) is 53.0 Å². The molecule has 0 spiro atoms. The molecule has 1 atom stereocenters. The zero-order valence-electron chi connectivity index (χ0n) is 11.2. The number of carbonyl (C=O) groups is 1. The van der Waals surface area contributed by atoms with Crippen LogP contribution in [-0.2, 0) is 6.42 Å². The fourth-order valence-corrected chi connectivity index (χ4v) is 2.40. The molecule has 0 radical (unpaired) electrons. The summed E-state index contributed by atoms with van der Waals surface area (Å²) in [4.78, 5) is 12.2. The number of aromatic hydroxyl groups is 1. The Bertz CT molecular complexity index is 619. The van der Waals surface area contributed by atoms with Crippen molar-refractivity contribution < 1.29 is 9.90 Å². The number of carbonyl (C=O) groups excluding carboxylic acids is 1. The number of nitrogens with one attached hydrogen (secondary N) is 1. The van der Waals surface area contributed by atoms with Gasteiger partial charge in [0, 0.05) is 17.5 Å². The van der Waals surface area contributed by atoms with Gasteiger partial charge in [0.15, 0.2) is 0 Å². The molecular formula is C16H15BrClNO2. The quantitative estimate of drug-likeness (QED) is 0.790. The van der Waals surface area contributed by atoms with Crippen molar-refractivity contribution in [2.75, 3.05) is 5.88 Å². The molecule has 21 heavy (non-hydrogen) atoms. The summed E-state index contributed by atoms with van der Waals surface area (Å²) in [5, 5.41) is 12.5. The molecule has 0 aliphatic carbocycles. The molecule has 2 aromatic carbocycles. The van der Waals surface area contributed by atoms with Crippen LogP contribution in [0, 0.1) is 0 Å². The van der Waals surface area contributed by atoms with E-state index in [1.165, 1.54) is 6.07 Å². The van der Waals surface area contributed by atoms with E-state index >= 15 is 0 Å². The molecule has 2 N–H and O–H groups in total. The Kier molecular flexibility index (Phi) is 5.65. The minimum absolute atomic E-state index is 0.0353. The van der Waals surface area contributed by atoms with Crippen molar-refractivity contribution in [1.29, 1.82) is 0 Å². The topological polar surface area (TPSA) is 49.3 Å². The fourth-order valence-electron chi connectivity index (χ4n) is 1.97. The molecule has 0 fully saturated rings. The van der Waals surface area contributed by atoms with Gasteiger partial charge in [0.25, 0.3) is 5.91 Å². The maximum Gasteiger partial charge on any atom is 0.251 e. The van der Waals surface area contributed by atoms with Gasteiger partial charge < -0.3 is 10.4 Å². The molecule has 5 heteroatoms. The maximum absolute atomic E-state index is 12.2. The number of hydrogen-bond donors (Lipinski definition) is 2. The van der Waals surface area contributed by atoms with Gasteiger partial charge in [-0.15, -0.1) is 11.6 Å². The van der Waals surface area contributed by atoms with Gasteiger partial charge in [-0.3, -0.25) is 4.79 Å². The van der Waals surface area contributed by atoms with Gasteiger partial charge in [-0.2, -0.15) is 0 Å². The van der Waals surface area contributed by atoms with Crippen LogP contribution < -0.4 is 5.32 Å². The molecule has 0 heterocycles. The van der Waals surface area contributed by atoms with Crippen LogP contribution in [-0.4, -0.2) is 22.9 Å². The molecule has 1 amide bonds. The lowest BCUT2D eigenvalue weighted by Gasteiger charge is -2.16. The molecule has 110 valence electrons. The van der Waals surface area contributed by atoms with E-state index in [1.807, 2.05) is 30.3 Å². The van der Waals surface area contributed by atoms with E-state index in [0.717, 1.165) is 5.56 Å². The lowest BCUT2D eigenvalue weighted by molar-refractivity contribution is 0.0940. The predicted molar refractivity (Wildman–Crippen MR) is 87.9 cm³/mol. The second-order valence-electron chi connectivity index (χ2n) is 4.68. The SMILES string of the molecule is O=C(NC(CCl)Cc1ccccc1)c1ccc(Br)c(O)c1. The normalized spacial score (nSPS) is 11.9. The Morgan fingerprint density at radius 2 is 1.95 bits per heavy atom. The predicted octanol–water partition coefficient (Wildman–Crippen LogP) is 3.73. The number of halogens is 2. The molecular weight excluding hydrogens is 354 g/mol. The summed E-state index contributed by atoms with van der Waals surface area (Å²) < 4.78 is 0.553. The van der Waals surface area contributed by atoms with Crippen LogP contribution in [0.3, 0.4) is 0 Å². The van der Waals surface area contributed by atoms with E-state index in [-0.39, 0.29) is 17.7 Å². The first kappa shape index (κ1) is 15.9. The van der Waals surface area contributed by atoms with Gasteiger partial charge in [0.2, 0.25) is 0 Å². The number of phenols is 1. The monoisotopic (exact) mass is 367 g/mol. The maximum atomic E-state index is 12.2. The van der Waals surface area contributed by atoms with E-state index in [9.17, 15) is 9.90 Å². The minimum Gasteiger partial charge on any atom is -0.507 e. The van der Waals surface area contributed by atoms with Crippen LogP contribution in [0.5, 0.6) is 5.75 Å². The smallest absolute Gasteiger partial charge is 0.251 e. The average molecular weight is 369 g/mol. The molecule has 2 rings (SSSR count). The third-order valence-electron chi connectivity index (χ3n) is 3.05. The Hall–Kier alpha value is -1.52. The Labute approximate surface area is 137 Å². The molecule has 0 saturated carbocycles.